The first-order valence-electron chi connectivity index (χ1n) is 9.79. The number of rotatable bonds is 4. The molecule has 4 rings (SSSR count). The Hall–Kier alpha value is -3.53. The Balaban J connectivity index is 1.25. The lowest BCUT2D eigenvalue weighted by Crippen LogP contribution is -2.52. The van der Waals surface area contributed by atoms with E-state index in [2.05, 4.69) is 14.7 Å². The fraction of sp³-hybridized carbons (Fsp3) is 0.286. The normalized spacial score (nSPS) is 13.8. The summed E-state index contributed by atoms with van der Waals surface area (Å²) in [6.07, 6.45) is 1.43. The smallest absolute Gasteiger partial charge is 0.340 e. The van der Waals surface area contributed by atoms with Crippen LogP contribution in [0.4, 0.5) is 10.5 Å². The summed E-state index contributed by atoms with van der Waals surface area (Å²) in [4.78, 5) is 45.3. The number of esters is 1. The minimum Gasteiger partial charge on any atom is -0.452 e. The molecule has 0 atom stereocenters. The quantitative estimate of drug-likeness (QED) is 0.627. The molecule has 9 nitrogen and oxygen atoms in total. The van der Waals surface area contributed by atoms with E-state index in [1.165, 1.54) is 17.7 Å². The average molecular weight is 439 g/mol. The number of nitrogens with one attached hydrogen (secondary N) is 1. The van der Waals surface area contributed by atoms with Crippen LogP contribution in [0.25, 0.3) is 10.2 Å². The maximum absolute atomic E-state index is 12.4. The summed E-state index contributed by atoms with van der Waals surface area (Å²) in [6.45, 7) is 3.07. The summed E-state index contributed by atoms with van der Waals surface area (Å²) >= 11 is 1.27. The molecule has 3 aromatic rings. The molecule has 1 fully saturated rings. The number of fused-ring (bicyclic) bond motifs is 1. The molecule has 10 heteroatoms. The van der Waals surface area contributed by atoms with Crippen LogP contribution in [0.15, 0.2) is 42.6 Å². The third-order valence-corrected chi connectivity index (χ3v) is 5.88. The number of benzene rings is 1. The summed E-state index contributed by atoms with van der Waals surface area (Å²) in [6, 6.07) is 10.7. The molecule has 1 saturated heterocycles. The van der Waals surface area contributed by atoms with Crippen molar-refractivity contribution < 1.29 is 19.1 Å². The topological polar surface area (TPSA) is 105 Å². The molecular weight excluding hydrogens is 418 g/mol. The molecule has 0 bridgehead atoms. The van der Waals surface area contributed by atoms with Gasteiger partial charge in [0.25, 0.3) is 5.91 Å². The van der Waals surface area contributed by atoms with Crippen molar-refractivity contribution in [3.63, 3.8) is 0 Å². The minimum atomic E-state index is -0.603. The van der Waals surface area contributed by atoms with E-state index < -0.39 is 5.97 Å². The summed E-state index contributed by atoms with van der Waals surface area (Å²) in [5.41, 5.74) is 1.80. The molecule has 1 aromatic carbocycles. The van der Waals surface area contributed by atoms with Crippen molar-refractivity contribution in [3.8, 4) is 0 Å². The van der Waals surface area contributed by atoms with Crippen LogP contribution in [0.1, 0.15) is 16.1 Å². The second-order valence-electron chi connectivity index (χ2n) is 7.08. The van der Waals surface area contributed by atoms with E-state index in [0.29, 0.717) is 26.2 Å². The van der Waals surface area contributed by atoms with Gasteiger partial charge in [-0.25, -0.2) is 14.6 Å². The first-order chi connectivity index (χ1) is 15.0. The van der Waals surface area contributed by atoms with Gasteiger partial charge in [0.05, 0.1) is 11.3 Å². The van der Waals surface area contributed by atoms with E-state index in [0.717, 1.165) is 21.6 Å². The summed E-state index contributed by atoms with van der Waals surface area (Å²) in [5, 5.41) is 3.63. The number of carbonyl (C=O) groups is 3. The second kappa shape index (κ2) is 9.09. The van der Waals surface area contributed by atoms with Crippen molar-refractivity contribution in [2.24, 2.45) is 0 Å². The highest BCUT2D eigenvalue weighted by atomic mass is 32.1. The predicted molar refractivity (Wildman–Crippen MR) is 116 cm³/mol. The fourth-order valence-electron chi connectivity index (χ4n) is 3.24. The summed E-state index contributed by atoms with van der Waals surface area (Å²) in [5.74, 6) is -0.895. The Kier molecular flexibility index (Phi) is 6.08. The van der Waals surface area contributed by atoms with Crippen molar-refractivity contribution in [3.05, 3.63) is 53.9 Å². The third-order valence-electron chi connectivity index (χ3n) is 5.02. The summed E-state index contributed by atoms with van der Waals surface area (Å²) < 4.78 is 9.39. The molecule has 0 aliphatic carbocycles. The Morgan fingerprint density at radius 3 is 2.55 bits per heavy atom. The van der Waals surface area contributed by atoms with Gasteiger partial charge in [-0.15, -0.1) is 0 Å². The number of urea groups is 1. The number of amides is 3. The van der Waals surface area contributed by atoms with E-state index >= 15 is 0 Å². The first kappa shape index (κ1) is 20.7. The van der Waals surface area contributed by atoms with E-state index in [9.17, 15) is 14.4 Å². The molecule has 1 aliphatic rings. The Labute approximate surface area is 182 Å². The molecule has 1 aliphatic heterocycles. The van der Waals surface area contributed by atoms with Gasteiger partial charge in [-0.1, -0.05) is 18.2 Å². The molecule has 0 unspecified atom stereocenters. The van der Waals surface area contributed by atoms with Crippen LogP contribution in [0.2, 0.25) is 0 Å². The molecule has 3 amide bonds. The lowest BCUT2D eigenvalue weighted by molar-refractivity contribution is -0.135. The lowest BCUT2D eigenvalue weighted by Gasteiger charge is -2.34. The Morgan fingerprint density at radius 2 is 1.81 bits per heavy atom. The van der Waals surface area contributed by atoms with Crippen LogP contribution in [-0.2, 0) is 9.53 Å². The van der Waals surface area contributed by atoms with Gasteiger partial charge in [0.2, 0.25) is 0 Å². The maximum atomic E-state index is 12.4. The number of carbonyl (C=O) groups excluding carboxylic acids is 3. The Morgan fingerprint density at radius 1 is 1.10 bits per heavy atom. The van der Waals surface area contributed by atoms with Gasteiger partial charge >= 0.3 is 12.0 Å². The van der Waals surface area contributed by atoms with Gasteiger partial charge < -0.3 is 19.9 Å². The molecule has 160 valence electrons. The monoisotopic (exact) mass is 439 g/mol. The van der Waals surface area contributed by atoms with Crippen molar-refractivity contribution in [1.82, 2.24) is 19.2 Å². The number of nitrogens with zero attached hydrogens (tertiary/aromatic N) is 4. The molecule has 0 radical (unpaired) electrons. The summed E-state index contributed by atoms with van der Waals surface area (Å²) in [7, 11) is 0. The number of para-hydroxylation sites is 1. The highest BCUT2D eigenvalue weighted by Crippen LogP contribution is 2.21. The zero-order chi connectivity index (χ0) is 21.8. The Bertz CT molecular complexity index is 1110. The van der Waals surface area contributed by atoms with Crippen molar-refractivity contribution in [1.29, 1.82) is 0 Å². The van der Waals surface area contributed by atoms with E-state index in [4.69, 9.17) is 4.74 Å². The van der Waals surface area contributed by atoms with Gasteiger partial charge in [0.1, 0.15) is 4.83 Å². The number of pyridine rings is 1. The second-order valence-corrected chi connectivity index (χ2v) is 7.84. The van der Waals surface area contributed by atoms with Crippen LogP contribution in [0, 0.1) is 6.92 Å². The highest BCUT2D eigenvalue weighted by Gasteiger charge is 2.25. The standard InChI is InChI=1S/C21H21N5O4S/c1-14-17-11-15(12-22-19(17)31-24-14)20(28)30-13-18(27)25-7-9-26(10-8-25)21(29)23-16-5-3-2-4-6-16/h2-6,11-12H,7-10,13H2,1H3,(H,23,29). The van der Waals surface area contributed by atoms with Crippen LogP contribution >= 0.6 is 11.5 Å². The zero-order valence-electron chi connectivity index (χ0n) is 16.9. The number of piperazine rings is 1. The van der Waals surface area contributed by atoms with Crippen LogP contribution < -0.4 is 5.32 Å². The number of anilines is 1. The maximum Gasteiger partial charge on any atom is 0.340 e. The molecule has 3 heterocycles. The number of hydrogen-bond acceptors (Lipinski definition) is 7. The van der Waals surface area contributed by atoms with Crippen LogP contribution in [-0.4, -0.2) is 69.9 Å². The fourth-order valence-corrected chi connectivity index (χ4v) is 3.97. The molecule has 2 aromatic heterocycles. The van der Waals surface area contributed by atoms with Gasteiger partial charge in [-0.05, 0) is 36.7 Å². The molecule has 31 heavy (non-hydrogen) atoms. The largest absolute Gasteiger partial charge is 0.452 e. The number of aromatic nitrogens is 2. The minimum absolute atomic E-state index is 0.203. The molecular formula is C21H21N5O4S. The van der Waals surface area contributed by atoms with E-state index in [1.807, 2.05) is 37.3 Å². The van der Waals surface area contributed by atoms with Gasteiger partial charge in [0.15, 0.2) is 6.61 Å². The van der Waals surface area contributed by atoms with E-state index in [1.54, 1.807) is 15.9 Å². The van der Waals surface area contributed by atoms with E-state index in [-0.39, 0.29) is 24.1 Å². The number of aryl methyl sites for hydroxylation is 1. The molecule has 1 N–H and O–H groups in total. The van der Waals surface area contributed by atoms with Gasteiger partial charge in [0, 0.05) is 43.4 Å². The van der Waals surface area contributed by atoms with Crippen molar-refractivity contribution >= 4 is 45.3 Å². The van der Waals surface area contributed by atoms with Gasteiger partial charge in [-0.2, -0.15) is 4.37 Å². The van der Waals surface area contributed by atoms with Crippen molar-refractivity contribution in [2.45, 2.75) is 6.92 Å². The number of hydrogen-bond donors (Lipinski definition) is 1. The van der Waals surface area contributed by atoms with Crippen molar-refractivity contribution in [2.75, 3.05) is 38.1 Å². The van der Waals surface area contributed by atoms with Gasteiger partial charge in [-0.3, -0.25) is 4.79 Å². The number of ether oxygens (including phenoxy) is 1. The van der Waals surface area contributed by atoms with Crippen LogP contribution in [0.5, 0.6) is 0 Å². The van der Waals surface area contributed by atoms with Crippen LogP contribution in [0.3, 0.4) is 0 Å². The SMILES string of the molecule is Cc1nsc2ncc(C(=O)OCC(=O)N3CCN(C(=O)Nc4ccccc4)CC3)cc12. The lowest BCUT2D eigenvalue weighted by atomic mass is 10.2. The molecule has 0 spiro atoms. The first-order valence-corrected chi connectivity index (χ1v) is 10.6. The predicted octanol–water partition coefficient (Wildman–Crippen LogP) is 2.53. The zero-order valence-corrected chi connectivity index (χ0v) is 17.7. The average Bonchev–Trinajstić information content (AvgIpc) is 3.18. The third kappa shape index (κ3) is 4.80. The molecule has 0 saturated carbocycles. The highest BCUT2D eigenvalue weighted by molar-refractivity contribution is 7.12.